The van der Waals surface area contributed by atoms with Crippen molar-refractivity contribution in [3.63, 3.8) is 0 Å². The van der Waals surface area contributed by atoms with E-state index >= 15 is 0 Å². The summed E-state index contributed by atoms with van der Waals surface area (Å²) in [6, 6.07) is 13.4. The van der Waals surface area contributed by atoms with Gasteiger partial charge >= 0.3 is 0 Å². The Morgan fingerprint density at radius 1 is 1.02 bits per heavy atom. The Morgan fingerprint density at radius 3 is 2.40 bits per heavy atom. The molecular formula is C36H42N6O6. The zero-order valence-electron chi connectivity index (χ0n) is 28.1. The van der Waals surface area contributed by atoms with Crippen molar-refractivity contribution in [3.8, 4) is 28.4 Å². The van der Waals surface area contributed by atoms with Gasteiger partial charge in [0.25, 0.3) is 0 Å². The minimum Gasteiger partial charge on any atom is -0.493 e. The number of amides is 2. The Kier molecular flexibility index (Phi) is 10.6. The molecule has 3 unspecified atom stereocenters. The van der Waals surface area contributed by atoms with Crippen LogP contribution in [0, 0.1) is 5.92 Å². The second-order valence-corrected chi connectivity index (χ2v) is 11.9. The van der Waals surface area contributed by atoms with Gasteiger partial charge in [-0.15, -0.1) is 0 Å². The molecule has 0 bridgehead atoms. The lowest BCUT2D eigenvalue weighted by Crippen LogP contribution is -2.40. The maximum absolute atomic E-state index is 13.9. The SMILES string of the molecule is CCC(C)C(Nc1ccc2c(cc1=O)C(NC(C)=O)CCc1cc(OC)c(OC)c(OC)c1-2)C(=O)Nc1ccc(Cn2cncn2)cc1. The van der Waals surface area contributed by atoms with Crippen LogP contribution in [0.4, 0.5) is 11.4 Å². The summed E-state index contributed by atoms with van der Waals surface area (Å²) < 4.78 is 18.9. The molecule has 5 rings (SSSR count). The average molecular weight is 655 g/mol. The van der Waals surface area contributed by atoms with Gasteiger partial charge in [-0.05, 0) is 71.3 Å². The van der Waals surface area contributed by atoms with E-state index in [2.05, 4.69) is 26.0 Å². The Bertz CT molecular complexity index is 1830. The van der Waals surface area contributed by atoms with Crippen LogP contribution in [0.5, 0.6) is 17.2 Å². The Labute approximate surface area is 279 Å². The quantitative estimate of drug-likeness (QED) is 0.193. The van der Waals surface area contributed by atoms with E-state index in [-0.39, 0.29) is 28.8 Å². The van der Waals surface area contributed by atoms with Crippen molar-refractivity contribution in [1.29, 1.82) is 0 Å². The number of hydrogen-bond acceptors (Lipinski definition) is 9. The van der Waals surface area contributed by atoms with Crippen LogP contribution in [0.2, 0.25) is 0 Å². The van der Waals surface area contributed by atoms with E-state index in [9.17, 15) is 14.4 Å². The summed E-state index contributed by atoms with van der Waals surface area (Å²) >= 11 is 0. The van der Waals surface area contributed by atoms with Crippen molar-refractivity contribution in [1.82, 2.24) is 20.1 Å². The van der Waals surface area contributed by atoms with Crippen LogP contribution < -0.4 is 35.6 Å². The van der Waals surface area contributed by atoms with E-state index in [0.29, 0.717) is 59.9 Å². The predicted octanol–water partition coefficient (Wildman–Crippen LogP) is 4.97. The first-order valence-electron chi connectivity index (χ1n) is 15.9. The summed E-state index contributed by atoms with van der Waals surface area (Å²) in [6.45, 7) is 5.98. The first kappa shape index (κ1) is 34.0. The number of nitrogens with one attached hydrogen (secondary N) is 3. The summed E-state index contributed by atoms with van der Waals surface area (Å²) in [5.74, 6) is 0.830. The molecule has 3 atom stereocenters. The number of anilines is 2. The number of nitrogens with zero attached hydrogens (tertiary/aromatic N) is 3. The molecule has 1 heterocycles. The van der Waals surface area contributed by atoms with Crippen LogP contribution in [-0.4, -0.2) is 54.0 Å². The fourth-order valence-electron chi connectivity index (χ4n) is 6.11. The lowest BCUT2D eigenvalue weighted by molar-refractivity contribution is -0.120. The van der Waals surface area contributed by atoms with Crippen molar-refractivity contribution >= 4 is 23.2 Å². The topological polar surface area (TPSA) is 146 Å². The third-order valence-electron chi connectivity index (χ3n) is 8.76. The molecule has 0 aliphatic heterocycles. The highest BCUT2D eigenvalue weighted by Crippen LogP contribution is 2.50. The minimum atomic E-state index is -0.711. The number of carbonyl (C=O) groups is 2. The molecule has 0 saturated carbocycles. The van der Waals surface area contributed by atoms with E-state index in [0.717, 1.165) is 16.7 Å². The standard InChI is InChI=1S/C36H42N6O6/c1-7-21(2)33(36(45)40-25-11-8-23(9-12-25)18-42-20-37-19-38-42)41-29-15-13-26-27(17-30(29)44)28(39-22(3)43)14-10-24-16-31(46-4)34(47-5)35(48-6)32(24)26/h8-9,11-13,15-17,19-21,28,33H,7,10,14,18H2,1-6H3,(H,39,43)(H,40,45)(H,41,44). The summed E-state index contributed by atoms with van der Waals surface area (Å²) in [7, 11) is 4.67. The van der Waals surface area contributed by atoms with Gasteiger partial charge < -0.3 is 30.2 Å². The monoisotopic (exact) mass is 654 g/mol. The number of hydrogen-bond donors (Lipinski definition) is 3. The van der Waals surface area contributed by atoms with Crippen LogP contribution in [0.1, 0.15) is 56.3 Å². The Morgan fingerprint density at radius 2 is 1.77 bits per heavy atom. The zero-order valence-corrected chi connectivity index (χ0v) is 28.1. The third kappa shape index (κ3) is 7.27. The molecule has 12 nitrogen and oxygen atoms in total. The first-order chi connectivity index (χ1) is 23.2. The second-order valence-electron chi connectivity index (χ2n) is 11.9. The Hall–Kier alpha value is -5.39. The average Bonchev–Trinajstić information content (AvgIpc) is 3.49. The van der Waals surface area contributed by atoms with Gasteiger partial charge in [0.15, 0.2) is 11.5 Å². The number of methoxy groups -OCH3 is 3. The lowest BCUT2D eigenvalue weighted by atomic mass is 9.95. The van der Waals surface area contributed by atoms with E-state index in [4.69, 9.17) is 14.2 Å². The van der Waals surface area contributed by atoms with E-state index in [1.54, 1.807) is 44.5 Å². The molecule has 1 aliphatic carbocycles. The number of rotatable bonds is 12. The van der Waals surface area contributed by atoms with Crippen LogP contribution in [0.25, 0.3) is 11.1 Å². The number of carbonyl (C=O) groups excluding carboxylic acids is 2. The highest BCUT2D eigenvalue weighted by Gasteiger charge is 2.30. The zero-order chi connectivity index (χ0) is 34.4. The van der Waals surface area contributed by atoms with Gasteiger partial charge in [0.1, 0.15) is 18.7 Å². The smallest absolute Gasteiger partial charge is 0.247 e. The molecule has 3 N–H and O–H groups in total. The van der Waals surface area contributed by atoms with E-state index in [1.165, 1.54) is 13.3 Å². The van der Waals surface area contributed by atoms with E-state index < -0.39 is 12.1 Å². The van der Waals surface area contributed by atoms with Crippen LogP contribution in [0.3, 0.4) is 0 Å². The van der Waals surface area contributed by atoms with Crippen LogP contribution in [-0.2, 0) is 22.6 Å². The van der Waals surface area contributed by atoms with Gasteiger partial charge in [-0.3, -0.25) is 14.4 Å². The maximum Gasteiger partial charge on any atom is 0.247 e. The molecule has 0 saturated heterocycles. The van der Waals surface area contributed by atoms with Gasteiger partial charge in [-0.25, -0.2) is 9.67 Å². The molecule has 1 aromatic heterocycles. The number of aryl methyl sites for hydroxylation is 1. The molecule has 4 aromatic rings. The molecule has 252 valence electrons. The number of aromatic nitrogens is 3. The van der Waals surface area contributed by atoms with Crippen molar-refractivity contribution in [2.24, 2.45) is 5.92 Å². The van der Waals surface area contributed by atoms with Crippen molar-refractivity contribution < 1.29 is 23.8 Å². The summed E-state index contributed by atoms with van der Waals surface area (Å²) in [5, 5.41) is 13.4. The van der Waals surface area contributed by atoms with Gasteiger partial charge in [-0.2, -0.15) is 5.10 Å². The van der Waals surface area contributed by atoms with Gasteiger partial charge in [0.2, 0.25) is 23.0 Å². The number of fused-ring (bicyclic) bond motifs is 3. The van der Waals surface area contributed by atoms with E-state index in [1.807, 2.05) is 50.2 Å². The van der Waals surface area contributed by atoms with Gasteiger partial charge in [0.05, 0.1) is 39.6 Å². The second kappa shape index (κ2) is 15.0. The summed E-state index contributed by atoms with van der Waals surface area (Å²) in [6.07, 6.45) is 4.96. The molecule has 1 aliphatic rings. The number of benzene rings is 2. The van der Waals surface area contributed by atoms with Crippen molar-refractivity contribution in [3.05, 3.63) is 88.1 Å². The Balaban J connectivity index is 1.52. The molecule has 0 radical (unpaired) electrons. The minimum absolute atomic E-state index is 0.107. The fraction of sp³-hybridized carbons (Fsp3) is 0.361. The molecule has 48 heavy (non-hydrogen) atoms. The summed E-state index contributed by atoms with van der Waals surface area (Å²) in [5.41, 5.74) is 4.62. The molecule has 0 spiro atoms. The number of ether oxygens (including phenoxy) is 3. The van der Waals surface area contributed by atoms with Gasteiger partial charge in [-0.1, -0.05) is 38.5 Å². The van der Waals surface area contributed by atoms with Crippen LogP contribution >= 0.6 is 0 Å². The fourth-order valence-corrected chi connectivity index (χ4v) is 6.11. The first-order valence-corrected chi connectivity index (χ1v) is 15.9. The highest BCUT2D eigenvalue weighted by molar-refractivity contribution is 5.97. The molecule has 12 heteroatoms. The molecule has 0 fully saturated rings. The third-order valence-corrected chi connectivity index (χ3v) is 8.76. The lowest BCUT2D eigenvalue weighted by Gasteiger charge is -2.24. The molecule has 2 amide bonds. The highest BCUT2D eigenvalue weighted by atomic mass is 16.5. The maximum atomic E-state index is 13.9. The van der Waals surface area contributed by atoms with Gasteiger partial charge in [0, 0.05) is 18.2 Å². The normalized spacial score (nSPS) is 14.8. The summed E-state index contributed by atoms with van der Waals surface area (Å²) in [4.78, 5) is 43.9. The molecule has 3 aromatic carbocycles. The van der Waals surface area contributed by atoms with Crippen LogP contribution in [0.15, 0.2) is 66.0 Å². The van der Waals surface area contributed by atoms with Crippen molar-refractivity contribution in [2.75, 3.05) is 32.0 Å². The predicted molar refractivity (Wildman–Crippen MR) is 184 cm³/mol. The van der Waals surface area contributed by atoms with Crippen molar-refractivity contribution in [2.45, 2.75) is 58.7 Å². The molecular weight excluding hydrogens is 612 g/mol. The largest absolute Gasteiger partial charge is 0.493 e.